The van der Waals surface area contributed by atoms with Crippen molar-refractivity contribution in [2.45, 2.75) is 77.3 Å². The van der Waals surface area contributed by atoms with Crippen molar-refractivity contribution in [1.82, 2.24) is 0 Å². The third-order valence-corrected chi connectivity index (χ3v) is 9.00. The summed E-state index contributed by atoms with van der Waals surface area (Å²) < 4.78 is 11.5. The molecule has 0 radical (unpaired) electrons. The molecule has 0 N–H and O–H groups in total. The zero-order chi connectivity index (χ0) is 17.4. The highest BCUT2D eigenvalue weighted by Gasteiger charge is 2.77. The lowest BCUT2D eigenvalue weighted by atomic mass is 9.66. The number of rotatable bonds is 4. The lowest BCUT2D eigenvalue weighted by Gasteiger charge is -2.35. The Kier molecular flexibility index (Phi) is 3.55. The number of halogens is 1. The highest BCUT2D eigenvalue weighted by molar-refractivity contribution is 9.09. The van der Waals surface area contributed by atoms with E-state index in [9.17, 15) is 9.59 Å². The van der Waals surface area contributed by atoms with Crippen molar-refractivity contribution in [3.05, 3.63) is 0 Å². The Bertz CT molecular complexity index is 569. The van der Waals surface area contributed by atoms with Gasteiger partial charge in [0.2, 0.25) is 5.60 Å². The van der Waals surface area contributed by atoms with Gasteiger partial charge in [0.05, 0.1) is 5.41 Å². The topological polar surface area (TPSA) is 52.6 Å². The largest absolute Gasteiger partial charge is 0.459 e. The van der Waals surface area contributed by atoms with Gasteiger partial charge < -0.3 is 9.47 Å². The molecule has 0 aromatic heterocycles. The molecule has 5 atom stereocenters. The molecular weight excluding hydrogens is 360 g/mol. The smallest absolute Gasteiger partial charge is 0.351 e. The summed E-state index contributed by atoms with van der Waals surface area (Å²) in [6, 6.07) is 0. The lowest BCUT2D eigenvalue weighted by Crippen LogP contribution is -2.50. The van der Waals surface area contributed by atoms with Crippen molar-refractivity contribution < 1.29 is 19.1 Å². The fourth-order valence-corrected chi connectivity index (χ4v) is 5.80. The Morgan fingerprint density at radius 2 is 1.87 bits per heavy atom. The molecule has 1 aliphatic heterocycles. The van der Waals surface area contributed by atoms with Gasteiger partial charge in [0.15, 0.2) is 0 Å². The van der Waals surface area contributed by atoms with E-state index in [0.29, 0.717) is 23.6 Å². The van der Waals surface area contributed by atoms with Gasteiger partial charge in [-0.3, -0.25) is 4.79 Å². The van der Waals surface area contributed by atoms with Gasteiger partial charge in [0.25, 0.3) is 0 Å². The van der Waals surface area contributed by atoms with Crippen LogP contribution >= 0.6 is 15.9 Å². The second-order valence-electron chi connectivity index (χ2n) is 8.77. The second-order valence-corrected chi connectivity index (χ2v) is 9.76. The molecule has 2 aliphatic carbocycles. The van der Waals surface area contributed by atoms with E-state index in [1.165, 1.54) is 0 Å². The van der Waals surface area contributed by atoms with Crippen LogP contribution < -0.4 is 0 Å². The van der Waals surface area contributed by atoms with Gasteiger partial charge in [-0.2, -0.15) is 0 Å². The summed E-state index contributed by atoms with van der Waals surface area (Å²) >= 11 is 3.69. The molecule has 1 heterocycles. The minimum atomic E-state index is -1.12. The third kappa shape index (κ3) is 1.89. The number of carbonyl (C=O) groups excluding carboxylic acids is 2. The molecule has 0 aromatic carbocycles. The van der Waals surface area contributed by atoms with Crippen LogP contribution in [-0.4, -0.2) is 28.5 Å². The Balaban J connectivity index is 1.83. The normalized spacial score (nSPS) is 43.9. The van der Waals surface area contributed by atoms with E-state index >= 15 is 0 Å². The molecule has 2 saturated carbocycles. The molecule has 3 rings (SSSR count). The first-order valence-corrected chi connectivity index (χ1v) is 9.46. The molecule has 23 heavy (non-hydrogen) atoms. The van der Waals surface area contributed by atoms with E-state index in [4.69, 9.17) is 9.47 Å². The highest BCUT2D eigenvalue weighted by Crippen LogP contribution is 2.66. The quantitative estimate of drug-likeness (QED) is 0.543. The lowest BCUT2D eigenvalue weighted by molar-refractivity contribution is -0.188. The molecule has 0 spiro atoms. The van der Waals surface area contributed by atoms with Crippen LogP contribution in [0.4, 0.5) is 0 Å². The monoisotopic (exact) mass is 386 g/mol. The van der Waals surface area contributed by atoms with Gasteiger partial charge in [0, 0.05) is 16.2 Å². The van der Waals surface area contributed by atoms with Crippen LogP contribution in [0.5, 0.6) is 0 Å². The number of hydrogen-bond acceptors (Lipinski definition) is 4. The fraction of sp³-hybridized carbons (Fsp3) is 0.889. The summed E-state index contributed by atoms with van der Waals surface area (Å²) in [6.45, 7) is 12.2. The molecule has 3 aliphatic rings. The Morgan fingerprint density at radius 3 is 2.22 bits per heavy atom. The first kappa shape index (κ1) is 17.2. The Labute approximate surface area is 146 Å². The first-order valence-electron chi connectivity index (χ1n) is 8.54. The predicted octanol–water partition coefficient (Wildman–Crippen LogP) is 3.85. The van der Waals surface area contributed by atoms with E-state index in [1.807, 2.05) is 27.7 Å². The highest BCUT2D eigenvalue weighted by atomic mass is 79.9. The van der Waals surface area contributed by atoms with Gasteiger partial charge in [-0.1, -0.05) is 50.5 Å². The standard InChI is InChI=1S/C18H27BrO4/c1-7-10(11-12(19)15(11,2)3)22-14(21)18-9-8-17(6,13(20)23-18)16(18,4)5/h10-12H,7-9H2,1-6H3/t10-,11-,12+,17-,18+/m0/s1. The Hall–Kier alpha value is -0.580. The number of alkyl halides is 1. The Morgan fingerprint density at radius 1 is 1.30 bits per heavy atom. The summed E-state index contributed by atoms with van der Waals surface area (Å²) in [5.41, 5.74) is -2.12. The van der Waals surface area contributed by atoms with E-state index in [1.54, 1.807) is 0 Å². The number of carbonyl (C=O) groups is 2. The average Bonchev–Trinajstić information content (AvgIpc) is 2.81. The zero-order valence-electron chi connectivity index (χ0n) is 14.9. The van der Waals surface area contributed by atoms with Gasteiger partial charge in [-0.15, -0.1) is 0 Å². The van der Waals surface area contributed by atoms with E-state index in [0.717, 1.165) is 6.42 Å². The molecule has 2 bridgehead atoms. The molecule has 4 nitrogen and oxygen atoms in total. The molecule has 130 valence electrons. The van der Waals surface area contributed by atoms with Crippen LogP contribution in [0.1, 0.15) is 60.8 Å². The molecule has 5 heteroatoms. The number of hydrogen-bond donors (Lipinski definition) is 0. The van der Waals surface area contributed by atoms with Crippen LogP contribution in [0.25, 0.3) is 0 Å². The van der Waals surface area contributed by atoms with E-state index < -0.39 is 16.4 Å². The number of ether oxygens (including phenoxy) is 2. The fourth-order valence-electron chi connectivity index (χ4n) is 4.63. The van der Waals surface area contributed by atoms with E-state index in [-0.39, 0.29) is 23.5 Å². The minimum absolute atomic E-state index is 0.130. The summed E-state index contributed by atoms with van der Waals surface area (Å²) in [5.74, 6) is -0.309. The van der Waals surface area contributed by atoms with Crippen molar-refractivity contribution in [3.63, 3.8) is 0 Å². The maximum Gasteiger partial charge on any atom is 0.351 e. The van der Waals surface area contributed by atoms with Gasteiger partial charge >= 0.3 is 11.9 Å². The minimum Gasteiger partial charge on any atom is -0.459 e. The summed E-state index contributed by atoms with van der Waals surface area (Å²) in [4.78, 5) is 25.7. The number of fused-ring (bicyclic) bond motifs is 2. The van der Waals surface area contributed by atoms with Crippen LogP contribution in [0.3, 0.4) is 0 Å². The SMILES string of the molecule is CC[C@H](OC(=O)[C@@]12CC[C@@](C)(C(=O)O1)C2(C)C)[C@H]1[C@@H](Br)C1(C)C. The maximum atomic E-state index is 13.0. The molecule has 0 unspecified atom stereocenters. The molecule has 0 aromatic rings. The zero-order valence-corrected chi connectivity index (χ0v) is 16.5. The average molecular weight is 387 g/mol. The first-order chi connectivity index (χ1) is 10.5. The van der Waals surface area contributed by atoms with Crippen LogP contribution in [0.2, 0.25) is 0 Å². The maximum absolute atomic E-state index is 13.0. The third-order valence-electron chi connectivity index (χ3n) is 7.25. The van der Waals surface area contributed by atoms with Crippen LogP contribution in [0.15, 0.2) is 0 Å². The number of esters is 2. The van der Waals surface area contributed by atoms with Crippen molar-refractivity contribution in [2.24, 2.45) is 22.2 Å². The molecule has 0 amide bonds. The van der Waals surface area contributed by atoms with Crippen molar-refractivity contribution >= 4 is 27.9 Å². The van der Waals surface area contributed by atoms with Gasteiger partial charge in [-0.05, 0) is 31.6 Å². The van der Waals surface area contributed by atoms with Crippen molar-refractivity contribution in [3.8, 4) is 0 Å². The second kappa shape index (κ2) is 4.74. The molecule has 3 fully saturated rings. The summed E-state index contributed by atoms with van der Waals surface area (Å²) in [5, 5.41) is 0. The summed E-state index contributed by atoms with van der Waals surface area (Å²) in [6.07, 6.45) is 1.87. The van der Waals surface area contributed by atoms with Crippen LogP contribution in [0, 0.1) is 22.2 Å². The van der Waals surface area contributed by atoms with Crippen molar-refractivity contribution in [1.29, 1.82) is 0 Å². The molecular formula is C18H27BrO4. The van der Waals surface area contributed by atoms with Crippen LogP contribution in [-0.2, 0) is 19.1 Å². The molecule has 1 saturated heterocycles. The van der Waals surface area contributed by atoms with Gasteiger partial charge in [-0.25, -0.2) is 4.79 Å². The van der Waals surface area contributed by atoms with Crippen molar-refractivity contribution in [2.75, 3.05) is 0 Å². The predicted molar refractivity (Wildman–Crippen MR) is 90.1 cm³/mol. The summed E-state index contributed by atoms with van der Waals surface area (Å²) in [7, 11) is 0. The van der Waals surface area contributed by atoms with Gasteiger partial charge in [0.1, 0.15) is 6.10 Å². The van der Waals surface area contributed by atoms with E-state index in [2.05, 4.69) is 29.8 Å².